The number of carbonyl (C=O) groups is 1. The van der Waals surface area contributed by atoms with E-state index in [1.165, 1.54) is 35.0 Å². The van der Waals surface area contributed by atoms with Crippen LogP contribution in [0.5, 0.6) is 0 Å². The van der Waals surface area contributed by atoms with E-state index in [2.05, 4.69) is 10.4 Å². The summed E-state index contributed by atoms with van der Waals surface area (Å²) in [4.78, 5) is 23.6. The number of nitrogens with zero attached hydrogens (tertiary/aromatic N) is 3. The van der Waals surface area contributed by atoms with Gasteiger partial charge in [0.15, 0.2) is 0 Å². The Morgan fingerprint density at radius 2 is 1.75 bits per heavy atom. The molecule has 0 bridgehead atoms. The lowest BCUT2D eigenvalue weighted by molar-refractivity contribution is -0.384. The van der Waals surface area contributed by atoms with Crippen LogP contribution in [0.3, 0.4) is 0 Å². The molecule has 0 saturated heterocycles. The molecule has 1 amide bonds. The first-order valence-corrected chi connectivity index (χ1v) is 9.82. The Morgan fingerprint density at radius 1 is 1.03 bits per heavy atom. The summed E-state index contributed by atoms with van der Waals surface area (Å²) >= 11 is 0. The first-order valence-electron chi connectivity index (χ1n) is 9.82. The van der Waals surface area contributed by atoms with Crippen molar-refractivity contribution in [2.24, 2.45) is 0 Å². The number of rotatable bonds is 5. The van der Waals surface area contributed by atoms with Crippen molar-refractivity contribution in [1.29, 1.82) is 0 Å². The number of aromatic nitrogens is 2. The van der Waals surface area contributed by atoms with Crippen LogP contribution in [0.25, 0.3) is 16.9 Å². The molecule has 32 heavy (non-hydrogen) atoms. The van der Waals surface area contributed by atoms with Crippen molar-refractivity contribution in [1.82, 2.24) is 9.78 Å². The molecule has 0 unspecified atom stereocenters. The highest BCUT2D eigenvalue weighted by Crippen LogP contribution is 2.26. The van der Waals surface area contributed by atoms with E-state index in [1.807, 2.05) is 32.0 Å². The Morgan fingerprint density at radius 3 is 2.41 bits per heavy atom. The third-order valence-electron chi connectivity index (χ3n) is 5.02. The highest BCUT2D eigenvalue weighted by Gasteiger charge is 2.20. The van der Waals surface area contributed by atoms with Gasteiger partial charge in [-0.3, -0.25) is 14.9 Å². The molecular formula is C24H19FN4O3. The van der Waals surface area contributed by atoms with Crippen molar-refractivity contribution in [3.63, 3.8) is 0 Å². The Kier molecular flexibility index (Phi) is 5.51. The minimum absolute atomic E-state index is 0.0416. The number of nitro groups is 1. The van der Waals surface area contributed by atoms with Gasteiger partial charge in [-0.15, -0.1) is 0 Å². The topological polar surface area (TPSA) is 90.1 Å². The Bertz CT molecular complexity index is 1330. The smallest absolute Gasteiger partial charge is 0.274 e. The minimum atomic E-state index is -0.547. The molecule has 1 N–H and O–H groups in total. The van der Waals surface area contributed by atoms with Crippen LogP contribution in [-0.4, -0.2) is 20.6 Å². The van der Waals surface area contributed by atoms with Crippen molar-refractivity contribution in [2.75, 3.05) is 5.32 Å². The van der Waals surface area contributed by atoms with Crippen LogP contribution >= 0.6 is 0 Å². The molecule has 1 aromatic heterocycles. The summed E-state index contributed by atoms with van der Waals surface area (Å²) in [6.45, 7) is 3.88. The number of amides is 1. The third-order valence-corrected chi connectivity index (χ3v) is 5.02. The Hall–Kier alpha value is -4.33. The van der Waals surface area contributed by atoms with E-state index in [0.29, 0.717) is 16.9 Å². The van der Waals surface area contributed by atoms with Crippen LogP contribution in [0, 0.1) is 29.8 Å². The summed E-state index contributed by atoms with van der Waals surface area (Å²) in [5.74, 6) is -1.08. The van der Waals surface area contributed by atoms with Gasteiger partial charge < -0.3 is 5.32 Å². The number of halogens is 1. The molecule has 0 radical (unpaired) electrons. The number of anilines is 1. The number of hydrogen-bond donors (Lipinski definition) is 1. The van der Waals surface area contributed by atoms with Crippen LogP contribution in [0.4, 0.5) is 15.8 Å². The minimum Gasteiger partial charge on any atom is -0.318 e. The third kappa shape index (κ3) is 4.11. The van der Waals surface area contributed by atoms with Crippen LogP contribution < -0.4 is 5.32 Å². The van der Waals surface area contributed by atoms with Gasteiger partial charge in [0, 0.05) is 17.7 Å². The number of nitro benzene ring substituents is 1. The van der Waals surface area contributed by atoms with E-state index < -0.39 is 16.6 Å². The zero-order valence-corrected chi connectivity index (χ0v) is 17.4. The molecule has 0 saturated carbocycles. The number of non-ortho nitro benzene ring substituents is 1. The van der Waals surface area contributed by atoms with Crippen LogP contribution in [0.15, 0.2) is 72.8 Å². The number of carbonyl (C=O) groups excluding carboxylic acids is 1. The number of nitrogens with one attached hydrogen (secondary N) is 1. The largest absolute Gasteiger partial charge is 0.318 e. The highest BCUT2D eigenvalue weighted by atomic mass is 19.1. The van der Waals surface area contributed by atoms with Gasteiger partial charge in [-0.05, 0) is 55.8 Å². The van der Waals surface area contributed by atoms with Crippen LogP contribution in [0.2, 0.25) is 0 Å². The molecule has 3 aromatic carbocycles. The zero-order valence-electron chi connectivity index (χ0n) is 17.4. The lowest BCUT2D eigenvalue weighted by Gasteiger charge is -2.11. The number of para-hydroxylation sites is 1. The lowest BCUT2D eigenvalue weighted by atomic mass is 10.1. The SMILES string of the molecule is Cc1ccc(-n2nc(-c3ccc([N+](=O)[O-])cc3)cc2C(=O)Nc2ccccc2F)c(C)c1. The van der Waals surface area contributed by atoms with Crippen LogP contribution in [0.1, 0.15) is 21.6 Å². The molecule has 0 atom stereocenters. The maximum Gasteiger partial charge on any atom is 0.274 e. The van der Waals surface area contributed by atoms with Gasteiger partial charge in [-0.1, -0.05) is 29.8 Å². The molecule has 0 aliphatic heterocycles. The second-order valence-electron chi connectivity index (χ2n) is 7.35. The fourth-order valence-corrected chi connectivity index (χ4v) is 3.41. The molecule has 0 spiro atoms. The van der Waals surface area contributed by atoms with Crippen LogP contribution in [-0.2, 0) is 0 Å². The van der Waals surface area contributed by atoms with Gasteiger partial charge in [-0.25, -0.2) is 9.07 Å². The summed E-state index contributed by atoms with van der Waals surface area (Å²) < 4.78 is 15.6. The normalized spacial score (nSPS) is 10.7. The van der Waals surface area contributed by atoms with Gasteiger partial charge in [0.05, 0.1) is 22.0 Å². The highest BCUT2D eigenvalue weighted by molar-refractivity contribution is 6.04. The predicted octanol–water partition coefficient (Wildman–Crippen LogP) is 5.46. The number of hydrogen-bond acceptors (Lipinski definition) is 4. The van der Waals surface area contributed by atoms with E-state index in [1.54, 1.807) is 24.3 Å². The van der Waals surface area contributed by atoms with Gasteiger partial charge in [0.1, 0.15) is 11.5 Å². The van der Waals surface area contributed by atoms with Gasteiger partial charge in [0.2, 0.25) is 0 Å². The van der Waals surface area contributed by atoms with Gasteiger partial charge in [-0.2, -0.15) is 5.10 Å². The van der Waals surface area contributed by atoms with Crippen molar-refractivity contribution >= 4 is 17.3 Å². The standard InChI is InChI=1S/C24H19FN4O3/c1-15-7-12-22(16(2)13-15)28-23(24(30)26-20-6-4-3-5-19(20)25)14-21(27-28)17-8-10-18(11-9-17)29(31)32/h3-14H,1-2H3,(H,26,30). The fraction of sp³-hybridized carbons (Fsp3) is 0.0833. The van der Waals surface area contributed by atoms with E-state index in [4.69, 9.17) is 0 Å². The maximum atomic E-state index is 14.1. The monoisotopic (exact) mass is 430 g/mol. The average molecular weight is 430 g/mol. The van der Waals surface area contributed by atoms with Crippen molar-refractivity contribution in [3.05, 3.63) is 106 Å². The van der Waals surface area contributed by atoms with E-state index in [-0.39, 0.29) is 17.1 Å². The summed E-state index contributed by atoms with van der Waals surface area (Å²) in [7, 11) is 0. The summed E-state index contributed by atoms with van der Waals surface area (Å²) in [6.07, 6.45) is 0. The molecule has 7 nitrogen and oxygen atoms in total. The summed E-state index contributed by atoms with van der Waals surface area (Å²) in [6, 6.07) is 19.1. The fourth-order valence-electron chi connectivity index (χ4n) is 3.41. The van der Waals surface area contributed by atoms with Crippen molar-refractivity contribution < 1.29 is 14.1 Å². The van der Waals surface area contributed by atoms with E-state index in [9.17, 15) is 19.3 Å². The first kappa shape index (κ1) is 20.9. The average Bonchev–Trinajstić information content (AvgIpc) is 3.20. The zero-order chi connectivity index (χ0) is 22.8. The number of aryl methyl sites for hydroxylation is 2. The lowest BCUT2D eigenvalue weighted by Crippen LogP contribution is -2.18. The molecule has 1 heterocycles. The molecule has 8 heteroatoms. The van der Waals surface area contributed by atoms with Crippen molar-refractivity contribution in [2.45, 2.75) is 13.8 Å². The predicted molar refractivity (Wildman–Crippen MR) is 119 cm³/mol. The maximum absolute atomic E-state index is 14.1. The summed E-state index contributed by atoms with van der Waals surface area (Å²) in [5, 5.41) is 18.1. The molecule has 4 aromatic rings. The molecule has 0 fully saturated rings. The molecular weight excluding hydrogens is 411 g/mol. The molecule has 0 aliphatic rings. The van der Waals surface area contributed by atoms with E-state index >= 15 is 0 Å². The summed E-state index contributed by atoms with van der Waals surface area (Å²) in [5.41, 5.74) is 3.95. The second kappa shape index (κ2) is 8.43. The Labute approximate surface area is 183 Å². The van der Waals surface area contributed by atoms with Crippen molar-refractivity contribution in [3.8, 4) is 16.9 Å². The quantitative estimate of drug-likeness (QED) is 0.336. The second-order valence-corrected chi connectivity index (χ2v) is 7.35. The van der Waals surface area contributed by atoms with Gasteiger partial charge >= 0.3 is 0 Å². The Balaban J connectivity index is 1.80. The molecule has 160 valence electrons. The van der Waals surface area contributed by atoms with E-state index in [0.717, 1.165) is 11.1 Å². The number of benzene rings is 3. The first-order chi connectivity index (χ1) is 15.3. The molecule has 4 rings (SSSR count). The van der Waals surface area contributed by atoms with Gasteiger partial charge in [0.25, 0.3) is 11.6 Å². The molecule has 0 aliphatic carbocycles.